The van der Waals surface area contributed by atoms with Crippen LogP contribution in [0.1, 0.15) is 0 Å². The number of rotatable bonds is 0. The quantitative estimate of drug-likeness (QED) is 0.577. The summed E-state index contributed by atoms with van der Waals surface area (Å²) in [5, 5.41) is 3.87. The first-order chi connectivity index (χ1) is 4.86. The van der Waals surface area contributed by atoms with Crippen LogP contribution >= 0.6 is 11.5 Å². The SMILES string of the molecule is Nc1ccc2snnc2c1. The predicted molar refractivity (Wildman–Crippen MR) is 41.8 cm³/mol. The van der Waals surface area contributed by atoms with Crippen molar-refractivity contribution >= 4 is 27.4 Å². The summed E-state index contributed by atoms with van der Waals surface area (Å²) in [5.41, 5.74) is 7.14. The molecule has 0 unspecified atom stereocenters. The van der Waals surface area contributed by atoms with Crippen LogP contribution in [0.25, 0.3) is 10.2 Å². The Kier molecular flexibility index (Phi) is 1.07. The zero-order valence-corrected chi connectivity index (χ0v) is 5.93. The monoisotopic (exact) mass is 151 g/mol. The summed E-state index contributed by atoms with van der Waals surface area (Å²) in [7, 11) is 0. The van der Waals surface area contributed by atoms with Crippen molar-refractivity contribution in [2.24, 2.45) is 0 Å². The molecule has 1 aromatic carbocycles. The van der Waals surface area contributed by atoms with Crippen LogP contribution in [0.15, 0.2) is 18.2 Å². The van der Waals surface area contributed by atoms with Gasteiger partial charge in [-0.2, -0.15) is 0 Å². The molecule has 0 saturated heterocycles. The molecule has 2 N–H and O–H groups in total. The number of benzene rings is 1. The normalized spacial score (nSPS) is 10.4. The number of anilines is 1. The Morgan fingerprint density at radius 2 is 2.30 bits per heavy atom. The van der Waals surface area contributed by atoms with Gasteiger partial charge < -0.3 is 5.73 Å². The van der Waals surface area contributed by atoms with E-state index in [1.165, 1.54) is 11.5 Å². The molecule has 0 aliphatic rings. The van der Waals surface area contributed by atoms with Crippen molar-refractivity contribution in [3.05, 3.63) is 18.2 Å². The zero-order valence-electron chi connectivity index (χ0n) is 5.11. The Hall–Kier alpha value is -1.16. The molecule has 0 radical (unpaired) electrons. The molecule has 3 nitrogen and oxygen atoms in total. The van der Waals surface area contributed by atoms with Crippen molar-refractivity contribution in [1.29, 1.82) is 0 Å². The molecule has 1 aromatic heterocycles. The molecule has 0 atom stereocenters. The molecule has 0 aliphatic heterocycles. The minimum absolute atomic E-state index is 0.736. The van der Waals surface area contributed by atoms with Crippen LogP contribution in [0.5, 0.6) is 0 Å². The van der Waals surface area contributed by atoms with Gasteiger partial charge in [0.05, 0.1) is 4.70 Å². The first kappa shape index (κ1) is 5.61. The van der Waals surface area contributed by atoms with Gasteiger partial charge in [0.15, 0.2) is 0 Å². The molecule has 0 fully saturated rings. The van der Waals surface area contributed by atoms with Crippen molar-refractivity contribution in [3.8, 4) is 0 Å². The summed E-state index contributed by atoms with van der Waals surface area (Å²) in [5.74, 6) is 0. The highest BCUT2D eigenvalue weighted by atomic mass is 32.1. The lowest BCUT2D eigenvalue weighted by Crippen LogP contribution is -1.81. The fourth-order valence-electron chi connectivity index (χ4n) is 0.798. The van der Waals surface area contributed by atoms with Gasteiger partial charge in [0.25, 0.3) is 0 Å². The number of nitrogens with two attached hydrogens (primary N) is 1. The van der Waals surface area contributed by atoms with Crippen molar-refractivity contribution in [2.75, 3.05) is 5.73 Å². The van der Waals surface area contributed by atoms with E-state index >= 15 is 0 Å². The third-order valence-electron chi connectivity index (χ3n) is 1.27. The number of aromatic nitrogens is 2. The second-order valence-corrected chi connectivity index (χ2v) is 2.79. The topological polar surface area (TPSA) is 51.8 Å². The number of hydrogen-bond acceptors (Lipinski definition) is 4. The number of hydrogen-bond donors (Lipinski definition) is 1. The minimum atomic E-state index is 0.736. The molecule has 50 valence electrons. The van der Waals surface area contributed by atoms with Crippen LogP contribution < -0.4 is 5.73 Å². The van der Waals surface area contributed by atoms with Gasteiger partial charge in [-0.3, -0.25) is 0 Å². The summed E-state index contributed by atoms with van der Waals surface area (Å²) in [6.07, 6.45) is 0. The van der Waals surface area contributed by atoms with E-state index in [1.807, 2.05) is 18.2 Å². The molecule has 0 spiro atoms. The number of nitrogens with zero attached hydrogens (tertiary/aromatic N) is 2. The Morgan fingerprint density at radius 3 is 3.20 bits per heavy atom. The molecule has 0 aliphatic carbocycles. The summed E-state index contributed by atoms with van der Waals surface area (Å²) in [4.78, 5) is 0. The average molecular weight is 151 g/mol. The van der Waals surface area contributed by atoms with Crippen LogP contribution in [0.3, 0.4) is 0 Å². The van der Waals surface area contributed by atoms with Crippen LogP contribution in [0.4, 0.5) is 5.69 Å². The number of nitrogen functional groups attached to an aromatic ring is 1. The van der Waals surface area contributed by atoms with E-state index in [1.54, 1.807) is 0 Å². The van der Waals surface area contributed by atoms with E-state index in [9.17, 15) is 0 Å². The Morgan fingerprint density at radius 1 is 1.40 bits per heavy atom. The first-order valence-corrected chi connectivity index (χ1v) is 3.61. The second-order valence-electron chi connectivity index (χ2n) is 2.00. The van der Waals surface area contributed by atoms with Gasteiger partial charge in [-0.25, -0.2) is 0 Å². The van der Waals surface area contributed by atoms with Crippen molar-refractivity contribution in [3.63, 3.8) is 0 Å². The average Bonchev–Trinajstić information content (AvgIpc) is 2.33. The van der Waals surface area contributed by atoms with Crippen molar-refractivity contribution < 1.29 is 0 Å². The summed E-state index contributed by atoms with van der Waals surface area (Å²) in [6.45, 7) is 0. The molecule has 0 bridgehead atoms. The molecule has 4 heteroatoms. The summed E-state index contributed by atoms with van der Waals surface area (Å²) < 4.78 is 4.86. The van der Waals surface area contributed by atoms with Gasteiger partial charge in [0.2, 0.25) is 0 Å². The van der Waals surface area contributed by atoms with E-state index < -0.39 is 0 Å². The maximum Gasteiger partial charge on any atom is 0.108 e. The molecule has 2 aromatic rings. The van der Waals surface area contributed by atoms with Crippen LogP contribution in [0, 0.1) is 0 Å². The molecule has 0 amide bonds. The fourth-order valence-corrected chi connectivity index (χ4v) is 1.34. The predicted octanol–water partition coefficient (Wildman–Crippen LogP) is 1.27. The van der Waals surface area contributed by atoms with E-state index in [0.717, 1.165) is 15.9 Å². The molecule has 10 heavy (non-hydrogen) atoms. The van der Waals surface area contributed by atoms with Gasteiger partial charge in [0.1, 0.15) is 5.52 Å². The van der Waals surface area contributed by atoms with E-state index in [-0.39, 0.29) is 0 Å². The van der Waals surface area contributed by atoms with Crippen LogP contribution in [0.2, 0.25) is 0 Å². The molecule has 1 heterocycles. The fraction of sp³-hybridized carbons (Fsp3) is 0. The second kappa shape index (κ2) is 1.91. The van der Waals surface area contributed by atoms with Gasteiger partial charge in [0, 0.05) is 5.69 Å². The van der Waals surface area contributed by atoms with E-state index in [4.69, 9.17) is 5.73 Å². The third-order valence-corrected chi connectivity index (χ3v) is 1.98. The van der Waals surface area contributed by atoms with Crippen LogP contribution in [-0.4, -0.2) is 9.59 Å². The maximum atomic E-state index is 5.52. The highest BCUT2D eigenvalue weighted by Gasteiger charge is 1.95. The van der Waals surface area contributed by atoms with Gasteiger partial charge in [-0.1, -0.05) is 4.49 Å². The summed E-state index contributed by atoms with van der Waals surface area (Å²) in [6, 6.07) is 5.59. The Balaban J connectivity index is 2.86. The lowest BCUT2D eigenvalue weighted by Gasteiger charge is -1.87. The van der Waals surface area contributed by atoms with Gasteiger partial charge in [-0.15, -0.1) is 5.10 Å². The zero-order chi connectivity index (χ0) is 6.97. The number of fused-ring (bicyclic) bond motifs is 1. The lowest BCUT2D eigenvalue weighted by molar-refractivity contribution is 1.20. The van der Waals surface area contributed by atoms with E-state index in [0.29, 0.717) is 0 Å². The highest BCUT2D eigenvalue weighted by Crippen LogP contribution is 2.17. The molecular formula is C6H5N3S. The molecule has 0 saturated carbocycles. The smallest absolute Gasteiger partial charge is 0.108 e. The van der Waals surface area contributed by atoms with Crippen molar-refractivity contribution in [2.45, 2.75) is 0 Å². The van der Waals surface area contributed by atoms with E-state index in [2.05, 4.69) is 9.59 Å². The Bertz CT molecular complexity index is 355. The largest absolute Gasteiger partial charge is 0.399 e. The maximum absolute atomic E-state index is 5.52. The van der Waals surface area contributed by atoms with Crippen LogP contribution in [-0.2, 0) is 0 Å². The first-order valence-electron chi connectivity index (χ1n) is 2.84. The molecule has 2 rings (SSSR count). The Labute approximate surface area is 61.6 Å². The third kappa shape index (κ3) is 0.733. The standard InChI is InChI=1S/C6H5N3S/c7-4-1-2-6-5(3-4)8-9-10-6/h1-3H,7H2. The minimum Gasteiger partial charge on any atom is -0.399 e. The van der Waals surface area contributed by atoms with Crippen molar-refractivity contribution in [1.82, 2.24) is 9.59 Å². The molecular weight excluding hydrogens is 146 g/mol. The highest BCUT2D eigenvalue weighted by molar-refractivity contribution is 7.12. The van der Waals surface area contributed by atoms with Gasteiger partial charge >= 0.3 is 0 Å². The lowest BCUT2D eigenvalue weighted by atomic mass is 10.3. The van der Waals surface area contributed by atoms with Gasteiger partial charge in [-0.05, 0) is 29.7 Å². The summed E-state index contributed by atoms with van der Waals surface area (Å²) >= 11 is 1.38.